The molecule has 0 spiro atoms. The lowest BCUT2D eigenvalue weighted by atomic mass is 10.1. The number of aryl methyl sites for hydroxylation is 2. The molecule has 1 amide bonds. The highest BCUT2D eigenvalue weighted by molar-refractivity contribution is 6.03. The van der Waals surface area contributed by atoms with Crippen molar-refractivity contribution in [1.82, 2.24) is 9.97 Å². The van der Waals surface area contributed by atoms with E-state index in [1.54, 1.807) is 6.20 Å². The van der Waals surface area contributed by atoms with Crippen LogP contribution < -0.4 is 10.2 Å². The number of nitrogens with zero attached hydrogens (tertiary/aromatic N) is 3. The molecule has 0 saturated carbocycles. The maximum absolute atomic E-state index is 12.6. The Morgan fingerprint density at radius 2 is 1.81 bits per heavy atom. The lowest BCUT2D eigenvalue weighted by molar-refractivity contribution is 0.102. The minimum atomic E-state index is -0.247. The average molecular weight is 360 g/mol. The Morgan fingerprint density at radius 1 is 1.04 bits per heavy atom. The highest BCUT2D eigenvalue weighted by atomic mass is 16.1. The van der Waals surface area contributed by atoms with Crippen LogP contribution in [-0.4, -0.2) is 22.9 Å². The first-order valence-electron chi connectivity index (χ1n) is 9.05. The van der Waals surface area contributed by atoms with E-state index < -0.39 is 0 Å². The molecule has 27 heavy (non-hydrogen) atoms. The first-order valence-corrected chi connectivity index (χ1v) is 9.05. The fraction of sp³-hybridized carbons (Fsp3) is 0.227. The van der Waals surface area contributed by atoms with Gasteiger partial charge >= 0.3 is 0 Å². The number of carbonyl (C=O) groups is 1. The molecule has 3 aromatic rings. The van der Waals surface area contributed by atoms with Crippen molar-refractivity contribution in [2.24, 2.45) is 0 Å². The first-order chi connectivity index (χ1) is 13.1. The first kappa shape index (κ1) is 18.6. The van der Waals surface area contributed by atoms with Gasteiger partial charge in [-0.15, -0.1) is 0 Å². The summed E-state index contributed by atoms with van der Waals surface area (Å²) in [5.41, 5.74) is 4.50. The topological polar surface area (TPSA) is 58.1 Å². The number of carbonyl (C=O) groups excluding carboxylic acids is 1. The van der Waals surface area contributed by atoms with Gasteiger partial charge in [0.05, 0.1) is 12.4 Å². The zero-order valence-corrected chi connectivity index (χ0v) is 15.9. The van der Waals surface area contributed by atoms with Crippen LogP contribution in [0.15, 0.2) is 60.9 Å². The number of amides is 1. The van der Waals surface area contributed by atoms with Gasteiger partial charge in [-0.1, -0.05) is 55.5 Å². The number of nitrogens with one attached hydrogen (secondary N) is 1. The molecule has 0 aliphatic heterocycles. The summed E-state index contributed by atoms with van der Waals surface area (Å²) in [6, 6.07) is 16.2. The van der Waals surface area contributed by atoms with Crippen LogP contribution in [0.2, 0.25) is 0 Å². The van der Waals surface area contributed by atoms with E-state index in [4.69, 9.17) is 0 Å². The summed E-state index contributed by atoms with van der Waals surface area (Å²) in [4.78, 5) is 23.3. The highest BCUT2D eigenvalue weighted by Crippen LogP contribution is 2.21. The Morgan fingerprint density at radius 3 is 2.48 bits per heavy atom. The van der Waals surface area contributed by atoms with Crippen molar-refractivity contribution in [2.75, 3.05) is 17.3 Å². The summed E-state index contributed by atoms with van der Waals surface area (Å²) in [6.45, 7) is 4.79. The van der Waals surface area contributed by atoms with Crippen molar-refractivity contribution in [3.63, 3.8) is 0 Å². The maximum atomic E-state index is 12.6. The van der Waals surface area contributed by atoms with E-state index >= 15 is 0 Å². The molecule has 1 aromatic heterocycles. The van der Waals surface area contributed by atoms with Crippen LogP contribution in [0.4, 0.5) is 11.5 Å². The van der Waals surface area contributed by atoms with Crippen molar-refractivity contribution in [1.29, 1.82) is 0 Å². The van der Waals surface area contributed by atoms with Gasteiger partial charge in [0.1, 0.15) is 11.5 Å². The third-order valence-electron chi connectivity index (χ3n) is 4.50. The van der Waals surface area contributed by atoms with Gasteiger partial charge in [-0.3, -0.25) is 4.79 Å². The van der Waals surface area contributed by atoms with E-state index in [1.165, 1.54) is 11.8 Å². The third-order valence-corrected chi connectivity index (χ3v) is 4.50. The number of para-hydroxylation sites is 1. The van der Waals surface area contributed by atoms with Crippen LogP contribution in [-0.2, 0) is 13.0 Å². The van der Waals surface area contributed by atoms with Crippen molar-refractivity contribution in [2.45, 2.75) is 26.8 Å². The second-order valence-corrected chi connectivity index (χ2v) is 6.52. The number of aromatic nitrogens is 2. The standard InChI is InChI=1S/C22H24N4O/c1-4-18-12-8-9-16(2)21(18)25-22(27)19-13-24-20(14-23-19)26(3)15-17-10-6-5-7-11-17/h5-14H,4,15H2,1-3H3,(H,25,27). The number of hydrogen-bond acceptors (Lipinski definition) is 4. The minimum absolute atomic E-state index is 0.247. The van der Waals surface area contributed by atoms with Crippen molar-refractivity contribution < 1.29 is 4.79 Å². The Hall–Kier alpha value is -3.21. The van der Waals surface area contributed by atoms with Gasteiger partial charge in [0.15, 0.2) is 0 Å². The summed E-state index contributed by atoms with van der Waals surface area (Å²) >= 11 is 0. The number of hydrogen-bond donors (Lipinski definition) is 1. The molecule has 0 radical (unpaired) electrons. The molecule has 0 saturated heterocycles. The molecule has 0 aliphatic rings. The lowest BCUT2D eigenvalue weighted by Gasteiger charge is -2.18. The lowest BCUT2D eigenvalue weighted by Crippen LogP contribution is -2.20. The zero-order chi connectivity index (χ0) is 19.2. The van der Waals surface area contributed by atoms with Crippen LogP contribution >= 0.6 is 0 Å². The minimum Gasteiger partial charge on any atom is -0.354 e. The van der Waals surface area contributed by atoms with E-state index in [2.05, 4.69) is 34.3 Å². The largest absolute Gasteiger partial charge is 0.354 e. The summed E-state index contributed by atoms with van der Waals surface area (Å²) in [6.07, 6.45) is 4.01. The van der Waals surface area contributed by atoms with Gasteiger partial charge < -0.3 is 10.2 Å². The van der Waals surface area contributed by atoms with Crippen LogP contribution in [0, 0.1) is 6.92 Å². The van der Waals surface area contributed by atoms with Crippen molar-refractivity contribution in [3.05, 3.63) is 83.3 Å². The van der Waals surface area contributed by atoms with E-state index in [-0.39, 0.29) is 5.91 Å². The third kappa shape index (κ3) is 4.50. The summed E-state index contributed by atoms with van der Waals surface area (Å²) < 4.78 is 0. The predicted molar refractivity (Wildman–Crippen MR) is 109 cm³/mol. The van der Waals surface area contributed by atoms with Gasteiger partial charge in [-0.2, -0.15) is 0 Å². The van der Waals surface area contributed by atoms with Gasteiger partial charge in [-0.25, -0.2) is 9.97 Å². The number of rotatable bonds is 6. The normalized spacial score (nSPS) is 10.5. The summed E-state index contributed by atoms with van der Waals surface area (Å²) in [5.74, 6) is 0.476. The number of anilines is 2. The molecule has 3 rings (SSSR count). The molecule has 0 bridgehead atoms. The Bertz CT molecular complexity index is 907. The van der Waals surface area contributed by atoms with Crippen LogP contribution in [0.3, 0.4) is 0 Å². The molecule has 0 aliphatic carbocycles. The molecular weight excluding hydrogens is 336 g/mol. The van der Waals surface area contributed by atoms with E-state index in [0.717, 1.165) is 35.6 Å². The Balaban J connectivity index is 1.71. The molecule has 0 atom stereocenters. The highest BCUT2D eigenvalue weighted by Gasteiger charge is 2.13. The second kappa shape index (κ2) is 8.45. The van der Waals surface area contributed by atoms with E-state index in [9.17, 15) is 4.79 Å². The molecule has 1 N–H and O–H groups in total. The molecule has 5 heteroatoms. The van der Waals surface area contributed by atoms with Crippen LogP contribution in [0.25, 0.3) is 0 Å². The van der Waals surface area contributed by atoms with Gasteiger partial charge in [0, 0.05) is 19.3 Å². The number of benzene rings is 2. The van der Waals surface area contributed by atoms with E-state index in [1.807, 2.05) is 55.3 Å². The summed E-state index contributed by atoms with van der Waals surface area (Å²) in [5, 5.41) is 2.98. The molecule has 0 fully saturated rings. The van der Waals surface area contributed by atoms with E-state index in [0.29, 0.717) is 5.69 Å². The Kier molecular flexibility index (Phi) is 5.81. The van der Waals surface area contributed by atoms with Crippen LogP contribution in [0.1, 0.15) is 34.1 Å². The van der Waals surface area contributed by atoms with Gasteiger partial charge in [-0.05, 0) is 30.0 Å². The molecule has 1 heterocycles. The van der Waals surface area contributed by atoms with Gasteiger partial charge in [0.25, 0.3) is 5.91 Å². The fourth-order valence-electron chi connectivity index (χ4n) is 2.95. The predicted octanol–water partition coefficient (Wildman–Crippen LogP) is 4.24. The molecule has 138 valence electrons. The summed E-state index contributed by atoms with van der Waals surface area (Å²) in [7, 11) is 1.96. The SMILES string of the molecule is CCc1cccc(C)c1NC(=O)c1cnc(N(C)Cc2ccccc2)cn1. The quantitative estimate of drug-likeness (QED) is 0.714. The average Bonchev–Trinajstić information content (AvgIpc) is 2.70. The zero-order valence-electron chi connectivity index (χ0n) is 15.9. The molecule has 5 nitrogen and oxygen atoms in total. The monoisotopic (exact) mass is 360 g/mol. The fourth-order valence-corrected chi connectivity index (χ4v) is 2.95. The van der Waals surface area contributed by atoms with Gasteiger partial charge in [0.2, 0.25) is 0 Å². The molecule has 2 aromatic carbocycles. The Labute approximate surface area is 160 Å². The van der Waals surface area contributed by atoms with Crippen molar-refractivity contribution in [3.8, 4) is 0 Å². The van der Waals surface area contributed by atoms with Crippen LogP contribution in [0.5, 0.6) is 0 Å². The molecular formula is C22H24N4O. The second-order valence-electron chi connectivity index (χ2n) is 6.52. The van der Waals surface area contributed by atoms with Crippen molar-refractivity contribution >= 4 is 17.4 Å². The smallest absolute Gasteiger partial charge is 0.275 e. The maximum Gasteiger partial charge on any atom is 0.275 e. The molecule has 0 unspecified atom stereocenters.